The predicted molar refractivity (Wildman–Crippen MR) is 90.9 cm³/mol. The first-order chi connectivity index (χ1) is 10.3. The first-order valence-corrected chi connectivity index (χ1v) is 9.00. The second kappa shape index (κ2) is 5.49. The van der Waals surface area contributed by atoms with Crippen molar-refractivity contribution in [3.8, 4) is 0 Å². The van der Waals surface area contributed by atoms with Gasteiger partial charge in [-0.2, -0.15) is 0 Å². The van der Waals surface area contributed by atoms with Crippen LogP contribution in [0.1, 0.15) is 67.2 Å². The van der Waals surface area contributed by atoms with Crippen LogP contribution in [0.4, 0.5) is 0 Å². The van der Waals surface area contributed by atoms with Crippen LogP contribution in [0.25, 0.3) is 0 Å². The molecule has 22 heavy (non-hydrogen) atoms. The molecule has 2 fully saturated rings. The van der Waals surface area contributed by atoms with Crippen LogP contribution < -0.4 is 0 Å². The summed E-state index contributed by atoms with van der Waals surface area (Å²) >= 11 is 0. The number of hydrogen-bond acceptors (Lipinski definition) is 2. The van der Waals surface area contributed by atoms with E-state index < -0.39 is 0 Å². The van der Waals surface area contributed by atoms with Gasteiger partial charge in [-0.15, -0.1) is 0 Å². The van der Waals surface area contributed by atoms with E-state index in [9.17, 15) is 0 Å². The second-order valence-electron chi connectivity index (χ2n) is 8.41. The lowest BCUT2D eigenvalue weighted by Crippen LogP contribution is -2.24. The molecule has 2 aliphatic carbocycles. The van der Waals surface area contributed by atoms with Crippen LogP contribution >= 0.6 is 0 Å². The monoisotopic (exact) mass is 304 g/mol. The number of fused-ring (bicyclic) bond motifs is 2. The van der Waals surface area contributed by atoms with E-state index in [4.69, 9.17) is 9.47 Å². The largest absolute Gasteiger partial charge is 0.362 e. The van der Waals surface area contributed by atoms with Crippen molar-refractivity contribution in [1.82, 2.24) is 0 Å². The van der Waals surface area contributed by atoms with E-state index in [-0.39, 0.29) is 11.2 Å². The molecule has 2 aliphatic heterocycles. The van der Waals surface area contributed by atoms with Gasteiger partial charge in [0.05, 0.1) is 5.60 Å². The molecular formula is C20H32O2. The summed E-state index contributed by atoms with van der Waals surface area (Å²) < 4.78 is 11.3. The van der Waals surface area contributed by atoms with Crippen molar-refractivity contribution in [2.75, 3.05) is 0 Å². The van der Waals surface area contributed by atoms with Crippen LogP contribution in [0.15, 0.2) is 23.3 Å². The first kappa shape index (κ1) is 16.3. The average molecular weight is 304 g/mol. The average Bonchev–Trinajstić information content (AvgIpc) is 3.30. The maximum atomic E-state index is 5.72. The molecule has 0 spiro atoms. The topological polar surface area (TPSA) is 25.1 Å². The van der Waals surface area contributed by atoms with Crippen molar-refractivity contribution in [1.29, 1.82) is 0 Å². The molecule has 4 rings (SSSR count). The molecule has 0 bridgehead atoms. The summed E-state index contributed by atoms with van der Waals surface area (Å²) in [6.45, 7) is 13.5. The molecular weight excluding hydrogens is 272 g/mol. The van der Waals surface area contributed by atoms with Crippen molar-refractivity contribution >= 4 is 0 Å². The fraction of sp³-hybridized carbons (Fsp3) is 0.800. The molecule has 0 aromatic rings. The van der Waals surface area contributed by atoms with Gasteiger partial charge in [-0.05, 0) is 51.4 Å². The van der Waals surface area contributed by atoms with Crippen molar-refractivity contribution in [2.45, 2.75) is 90.6 Å². The van der Waals surface area contributed by atoms with E-state index in [0.717, 1.165) is 0 Å². The summed E-state index contributed by atoms with van der Waals surface area (Å²) in [6.07, 6.45) is 10.5. The molecule has 4 unspecified atom stereocenters. The molecule has 0 N–H and O–H groups in total. The lowest BCUT2D eigenvalue weighted by Gasteiger charge is -2.19. The van der Waals surface area contributed by atoms with Crippen molar-refractivity contribution in [3.05, 3.63) is 23.3 Å². The highest BCUT2D eigenvalue weighted by Gasteiger charge is 2.58. The van der Waals surface area contributed by atoms with Crippen LogP contribution in [0.5, 0.6) is 0 Å². The number of epoxide rings is 2. The van der Waals surface area contributed by atoms with Crippen LogP contribution in [0.3, 0.4) is 0 Å². The smallest absolute Gasteiger partial charge is 0.106 e. The van der Waals surface area contributed by atoms with Crippen molar-refractivity contribution < 1.29 is 9.47 Å². The van der Waals surface area contributed by atoms with Gasteiger partial charge in [0.2, 0.25) is 0 Å². The van der Waals surface area contributed by atoms with Gasteiger partial charge >= 0.3 is 0 Å². The minimum absolute atomic E-state index is 0.235. The molecule has 2 saturated heterocycles. The molecule has 2 heterocycles. The SMILES string of the molecule is CC(C)C1=CC2OC2(C)CC1.CC1=CC2OC2(C(C)C)CC1. The Morgan fingerprint density at radius 3 is 2.27 bits per heavy atom. The Labute approximate surface area is 136 Å². The molecule has 2 heteroatoms. The van der Waals surface area contributed by atoms with E-state index >= 15 is 0 Å². The lowest BCUT2D eigenvalue weighted by atomic mass is 9.82. The summed E-state index contributed by atoms with van der Waals surface area (Å²) in [5.41, 5.74) is 3.58. The lowest BCUT2D eigenvalue weighted by molar-refractivity contribution is 0.226. The molecule has 0 amide bonds. The Kier molecular flexibility index (Phi) is 4.06. The molecule has 4 atom stereocenters. The molecule has 0 aromatic heterocycles. The van der Waals surface area contributed by atoms with Gasteiger partial charge < -0.3 is 9.47 Å². The Hall–Kier alpha value is -0.600. The zero-order valence-electron chi connectivity index (χ0n) is 15.1. The molecule has 124 valence electrons. The molecule has 4 aliphatic rings. The van der Waals surface area contributed by atoms with Gasteiger partial charge in [-0.3, -0.25) is 0 Å². The Morgan fingerprint density at radius 2 is 1.73 bits per heavy atom. The van der Waals surface area contributed by atoms with Crippen molar-refractivity contribution in [3.63, 3.8) is 0 Å². The highest BCUT2D eigenvalue weighted by atomic mass is 16.6. The normalized spacial score (nSPS) is 41.8. The third kappa shape index (κ3) is 2.92. The van der Waals surface area contributed by atoms with E-state index in [1.165, 1.54) is 31.3 Å². The van der Waals surface area contributed by atoms with Gasteiger partial charge in [0.1, 0.15) is 17.8 Å². The number of allylic oxidation sites excluding steroid dienone is 2. The standard InChI is InChI=1S/2C10H16O/c1-7(2)8-4-5-10(3)9(6-8)11-10;1-7(2)10-5-4-8(3)6-9(10)11-10/h2*6-7,9H,4-5H2,1-3H3. The van der Waals surface area contributed by atoms with Crippen LogP contribution in [-0.2, 0) is 9.47 Å². The van der Waals surface area contributed by atoms with Gasteiger partial charge in [0.15, 0.2) is 0 Å². The van der Waals surface area contributed by atoms with Crippen LogP contribution in [0, 0.1) is 11.8 Å². The van der Waals surface area contributed by atoms with Gasteiger partial charge in [-0.25, -0.2) is 0 Å². The summed E-state index contributed by atoms with van der Waals surface area (Å²) in [4.78, 5) is 0. The van der Waals surface area contributed by atoms with E-state index in [0.29, 0.717) is 24.0 Å². The van der Waals surface area contributed by atoms with E-state index in [2.05, 4.69) is 53.7 Å². The van der Waals surface area contributed by atoms with Gasteiger partial charge in [0.25, 0.3) is 0 Å². The second-order valence-corrected chi connectivity index (χ2v) is 8.41. The summed E-state index contributed by atoms with van der Waals surface area (Å²) in [7, 11) is 0. The Bertz CT molecular complexity index is 502. The van der Waals surface area contributed by atoms with Crippen molar-refractivity contribution in [2.24, 2.45) is 11.8 Å². The molecule has 0 saturated carbocycles. The quantitative estimate of drug-likeness (QED) is 0.527. The van der Waals surface area contributed by atoms with Gasteiger partial charge in [-0.1, -0.05) is 51.0 Å². The van der Waals surface area contributed by atoms with E-state index in [1.807, 2.05) is 0 Å². The van der Waals surface area contributed by atoms with Crippen LogP contribution in [0.2, 0.25) is 0 Å². The fourth-order valence-corrected chi connectivity index (χ4v) is 3.89. The maximum Gasteiger partial charge on any atom is 0.106 e. The first-order valence-electron chi connectivity index (χ1n) is 9.00. The van der Waals surface area contributed by atoms with Crippen LogP contribution in [-0.4, -0.2) is 23.4 Å². The highest BCUT2D eigenvalue weighted by molar-refractivity contribution is 5.24. The van der Waals surface area contributed by atoms with Gasteiger partial charge in [0, 0.05) is 0 Å². The summed E-state index contributed by atoms with van der Waals surface area (Å²) in [5.74, 6) is 1.39. The Balaban J connectivity index is 0.000000131. The van der Waals surface area contributed by atoms with E-state index in [1.54, 1.807) is 5.57 Å². The minimum atomic E-state index is 0.235. The summed E-state index contributed by atoms with van der Waals surface area (Å²) in [5, 5.41) is 0. The number of ether oxygens (including phenoxy) is 2. The zero-order chi connectivity index (χ0) is 16.1. The summed E-state index contributed by atoms with van der Waals surface area (Å²) in [6, 6.07) is 0. The molecule has 0 radical (unpaired) electrons. The molecule has 0 aromatic carbocycles. The molecule has 2 nitrogen and oxygen atoms in total. The Morgan fingerprint density at radius 1 is 1.00 bits per heavy atom. The number of rotatable bonds is 2. The zero-order valence-corrected chi connectivity index (χ0v) is 15.1. The predicted octanol–water partition coefficient (Wildman–Crippen LogP) is 5.04. The highest BCUT2D eigenvalue weighted by Crippen LogP contribution is 2.51. The minimum Gasteiger partial charge on any atom is -0.362 e. The number of hydrogen-bond donors (Lipinski definition) is 0. The maximum absolute atomic E-state index is 5.72. The third-order valence-electron chi connectivity index (χ3n) is 6.05. The third-order valence-corrected chi connectivity index (χ3v) is 6.05. The fourth-order valence-electron chi connectivity index (χ4n) is 3.89.